The highest BCUT2D eigenvalue weighted by atomic mass is 32.2. The number of rotatable bonds is 4. The lowest BCUT2D eigenvalue weighted by Crippen LogP contribution is -2.03. The Kier molecular flexibility index (Phi) is 4.13. The van der Waals surface area contributed by atoms with E-state index in [0.29, 0.717) is 11.8 Å². The standard InChI is InChI=1S/C12H6F2N2O4S/c13-6-1-2-7(14)10(5-6)21-11-9(16(19)20)4-3-8(15-11)12(17)18/h1-5H,(H,17,18). The predicted octanol–water partition coefficient (Wildman–Crippen LogP) is 3.12. The van der Waals surface area contributed by atoms with Gasteiger partial charge in [0.25, 0.3) is 0 Å². The SMILES string of the molecule is O=C(O)c1ccc([N+](=O)[O-])c(Sc2cc(F)ccc2F)n1. The van der Waals surface area contributed by atoms with Crippen LogP contribution in [0.15, 0.2) is 40.3 Å². The maximum Gasteiger partial charge on any atom is 0.354 e. The number of pyridine rings is 1. The third-order valence-corrected chi connectivity index (χ3v) is 3.38. The number of hydrogen-bond donors (Lipinski definition) is 1. The maximum atomic E-state index is 13.5. The number of carbonyl (C=O) groups is 1. The first-order valence-corrected chi connectivity index (χ1v) is 6.22. The van der Waals surface area contributed by atoms with E-state index in [1.54, 1.807) is 0 Å². The molecule has 0 unspecified atom stereocenters. The van der Waals surface area contributed by atoms with Crippen LogP contribution in [0.5, 0.6) is 0 Å². The number of halogens is 2. The average Bonchev–Trinajstić information content (AvgIpc) is 2.42. The molecule has 0 saturated carbocycles. The van der Waals surface area contributed by atoms with Crippen molar-refractivity contribution in [2.75, 3.05) is 0 Å². The summed E-state index contributed by atoms with van der Waals surface area (Å²) in [6, 6.07) is 4.53. The minimum atomic E-state index is -1.38. The summed E-state index contributed by atoms with van der Waals surface area (Å²) in [5.74, 6) is -2.90. The van der Waals surface area contributed by atoms with Gasteiger partial charge in [-0.3, -0.25) is 10.1 Å². The van der Waals surface area contributed by atoms with Crippen molar-refractivity contribution < 1.29 is 23.6 Å². The molecule has 6 nitrogen and oxygen atoms in total. The summed E-state index contributed by atoms with van der Waals surface area (Å²) in [7, 11) is 0. The number of carboxylic acids is 1. The van der Waals surface area contributed by atoms with E-state index in [9.17, 15) is 23.7 Å². The Morgan fingerprint density at radius 3 is 2.62 bits per heavy atom. The van der Waals surface area contributed by atoms with E-state index in [1.165, 1.54) is 0 Å². The molecule has 0 spiro atoms. The number of hydrogen-bond acceptors (Lipinski definition) is 5. The van der Waals surface area contributed by atoms with Crippen molar-refractivity contribution in [3.63, 3.8) is 0 Å². The molecule has 1 N–H and O–H groups in total. The summed E-state index contributed by atoms with van der Waals surface area (Å²) >= 11 is 0.484. The molecule has 0 aliphatic carbocycles. The van der Waals surface area contributed by atoms with Crippen molar-refractivity contribution in [1.29, 1.82) is 0 Å². The van der Waals surface area contributed by atoms with Gasteiger partial charge in [-0.2, -0.15) is 0 Å². The van der Waals surface area contributed by atoms with Crippen molar-refractivity contribution in [3.8, 4) is 0 Å². The number of nitrogens with zero attached hydrogens (tertiary/aromatic N) is 2. The molecule has 1 heterocycles. The van der Waals surface area contributed by atoms with Crippen molar-refractivity contribution in [2.24, 2.45) is 0 Å². The Labute approximate surface area is 120 Å². The van der Waals surface area contributed by atoms with Gasteiger partial charge < -0.3 is 5.11 Å². The summed E-state index contributed by atoms with van der Waals surface area (Å²) in [5.41, 5.74) is -0.923. The van der Waals surface area contributed by atoms with Gasteiger partial charge in [0.1, 0.15) is 17.3 Å². The minimum absolute atomic E-state index is 0.229. The fourth-order valence-corrected chi connectivity index (χ4v) is 2.36. The van der Waals surface area contributed by atoms with Crippen LogP contribution in [0, 0.1) is 21.7 Å². The molecule has 108 valence electrons. The molecule has 2 aromatic rings. The fraction of sp³-hybridized carbons (Fsp3) is 0. The van der Waals surface area contributed by atoms with Gasteiger partial charge in [0.05, 0.1) is 9.82 Å². The monoisotopic (exact) mass is 312 g/mol. The predicted molar refractivity (Wildman–Crippen MR) is 68.3 cm³/mol. The molecular formula is C12H6F2N2O4S. The first-order chi connectivity index (χ1) is 9.88. The number of carboxylic acid groups (broad SMARTS) is 1. The van der Waals surface area contributed by atoms with Crippen LogP contribution in [0.1, 0.15) is 10.5 Å². The van der Waals surface area contributed by atoms with Crippen LogP contribution in [0.25, 0.3) is 0 Å². The molecule has 1 aromatic heterocycles. The summed E-state index contributed by atoms with van der Waals surface area (Å²) in [6.07, 6.45) is 0. The summed E-state index contributed by atoms with van der Waals surface area (Å²) in [4.78, 5) is 24.3. The zero-order valence-corrected chi connectivity index (χ0v) is 10.9. The van der Waals surface area contributed by atoms with Crippen molar-refractivity contribution in [1.82, 2.24) is 4.98 Å². The highest BCUT2D eigenvalue weighted by Crippen LogP contribution is 2.35. The molecule has 0 bridgehead atoms. The first-order valence-electron chi connectivity index (χ1n) is 5.40. The van der Waals surface area contributed by atoms with E-state index in [1.807, 2.05) is 0 Å². The Morgan fingerprint density at radius 1 is 1.29 bits per heavy atom. The maximum absolute atomic E-state index is 13.5. The van der Waals surface area contributed by atoms with Crippen LogP contribution in [-0.4, -0.2) is 21.0 Å². The van der Waals surface area contributed by atoms with E-state index in [4.69, 9.17) is 5.11 Å². The Balaban J connectivity index is 2.50. The number of benzene rings is 1. The molecular weight excluding hydrogens is 306 g/mol. The molecule has 0 radical (unpaired) electrons. The number of nitro groups is 1. The van der Waals surface area contributed by atoms with Gasteiger partial charge in [-0.15, -0.1) is 0 Å². The quantitative estimate of drug-likeness (QED) is 0.688. The zero-order chi connectivity index (χ0) is 15.6. The van der Waals surface area contributed by atoms with E-state index < -0.39 is 33.9 Å². The number of aromatic nitrogens is 1. The van der Waals surface area contributed by atoms with Gasteiger partial charge in [0.2, 0.25) is 0 Å². The van der Waals surface area contributed by atoms with Crippen molar-refractivity contribution in [2.45, 2.75) is 9.92 Å². The number of aromatic carboxylic acids is 1. The second kappa shape index (κ2) is 5.83. The Bertz CT molecular complexity index is 739. The average molecular weight is 312 g/mol. The van der Waals surface area contributed by atoms with Crippen LogP contribution in [0.4, 0.5) is 14.5 Å². The molecule has 0 fully saturated rings. The van der Waals surface area contributed by atoms with Crippen LogP contribution < -0.4 is 0 Å². The van der Waals surface area contributed by atoms with Gasteiger partial charge in [0.15, 0.2) is 5.03 Å². The normalized spacial score (nSPS) is 10.4. The van der Waals surface area contributed by atoms with E-state index >= 15 is 0 Å². The lowest BCUT2D eigenvalue weighted by atomic mass is 10.3. The smallest absolute Gasteiger partial charge is 0.354 e. The van der Waals surface area contributed by atoms with Gasteiger partial charge in [-0.25, -0.2) is 18.6 Å². The van der Waals surface area contributed by atoms with Crippen LogP contribution in [-0.2, 0) is 0 Å². The molecule has 0 aliphatic rings. The van der Waals surface area contributed by atoms with Crippen molar-refractivity contribution >= 4 is 23.4 Å². The van der Waals surface area contributed by atoms with E-state index in [0.717, 1.165) is 30.3 Å². The third kappa shape index (κ3) is 3.31. The van der Waals surface area contributed by atoms with Crippen LogP contribution in [0.3, 0.4) is 0 Å². The summed E-state index contributed by atoms with van der Waals surface area (Å²) in [5, 5.41) is 19.4. The molecule has 0 saturated heterocycles. The lowest BCUT2D eigenvalue weighted by molar-refractivity contribution is -0.388. The second-order valence-electron chi connectivity index (χ2n) is 3.76. The van der Waals surface area contributed by atoms with Gasteiger partial charge in [-0.05, 0) is 24.3 Å². The minimum Gasteiger partial charge on any atom is -0.477 e. The van der Waals surface area contributed by atoms with Crippen molar-refractivity contribution in [3.05, 3.63) is 57.8 Å². The molecule has 0 aliphatic heterocycles. The fourth-order valence-electron chi connectivity index (χ4n) is 1.43. The second-order valence-corrected chi connectivity index (χ2v) is 4.79. The first kappa shape index (κ1) is 14.9. The molecule has 0 amide bonds. The van der Waals surface area contributed by atoms with E-state index in [-0.39, 0.29) is 9.92 Å². The molecule has 21 heavy (non-hydrogen) atoms. The highest BCUT2D eigenvalue weighted by molar-refractivity contribution is 7.99. The highest BCUT2D eigenvalue weighted by Gasteiger charge is 2.21. The van der Waals surface area contributed by atoms with E-state index in [2.05, 4.69) is 4.98 Å². The van der Waals surface area contributed by atoms with Gasteiger partial charge in [0, 0.05) is 6.07 Å². The van der Waals surface area contributed by atoms with Gasteiger partial charge >= 0.3 is 11.7 Å². The topological polar surface area (TPSA) is 93.3 Å². The molecule has 9 heteroatoms. The molecule has 2 rings (SSSR count). The third-order valence-electron chi connectivity index (χ3n) is 2.36. The van der Waals surface area contributed by atoms with Gasteiger partial charge in [-0.1, -0.05) is 11.8 Å². The Hall–Kier alpha value is -2.55. The Morgan fingerprint density at radius 2 is 2.00 bits per heavy atom. The zero-order valence-electron chi connectivity index (χ0n) is 10.1. The van der Waals surface area contributed by atoms with Crippen LogP contribution in [0.2, 0.25) is 0 Å². The molecule has 1 aromatic carbocycles. The summed E-state index contributed by atoms with van der Waals surface area (Å²) in [6.45, 7) is 0. The van der Waals surface area contributed by atoms with Crippen LogP contribution >= 0.6 is 11.8 Å². The summed E-state index contributed by atoms with van der Waals surface area (Å²) < 4.78 is 26.6. The largest absolute Gasteiger partial charge is 0.477 e. The molecule has 0 atom stereocenters. The lowest BCUT2D eigenvalue weighted by Gasteiger charge is -2.04.